The smallest absolute Gasteiger partial charge is 0.357 e. The van der Waals surface area contributed by atoms with Crippen molar-refractivity contribution in [3.05, 3.63) is 41.7 Å². The lowest BCUT2D eigenvalue weighted by Gasteiger charge is -2.08. The molecule has 2 N–H and O–H groups in total. The number of ether oxygens (including phenoxy) is 1. The van der Waals surface area contributed by atoms with Crippen molar-refractivity contribution in [2.24, 2.45) is 0 Å². The summed E-state index contributed by atoms with van der Waals surface area (Å²) in [6, 6.07) is 9.56. The summed E-state index contributed by atoms with van der Waals surface area (Å²) in [6.07, 6.45) is 3.52. The largest absolute Gasteiger partial charge is 0.464 e. The number of hydrogen-bond acceptors (Lipinski definition) is 5. The lowest BCUT2D eigenvalue weighted by Crippen LogP contribution is -2.11. The molecular formula is C14H13N3O2S. The van der Waals surface area contributed by atoms with Crippen LogP contribution in [0.15, 0.2) is 35.4 Å². The van der Waals surface area contributed by atoms with E-state index in [1.807, 2.05) is 36.6 Å². The highest BCUT2D eigenvalue weighted by Gasteiger charge is 2.21. The monoisotopic (exact) mass is 287 g/mol. The number of aromatic nitrogens is 1. The molecule has 1 aromatic heterocycles. The zero-order chi connectivity index (χ0) is 14.7. The van der Waals surface area contributed by atoms with Gasteiger partial charge in [-0.1, -0.05) is 0 Å². The minimum Gasteiger partial charge on any atom is -0.464 e. The molecule has 0 fully saturated rings. The van der Waals surface area contributed by atoms with Gasteiger partial charge in [0.05, 0.1) is 18.4 Å². The standard InChI is InChI=1S/C14H13N3O2S/c1-19-14(18)13-12(16)9(7-15)8-17(13)10-3-5-11(20-2)6-4-10/h3-6,8H,16H2,1-2H3. The number of methoxy groups -OCH3 is 1. The number of esters is 1. The van der Waals surface area contributed by atoms with Crippen molar-refractivity contribution in [1.82, 2.24) is 4.57 Å². The maximum atomic E-state index is 11.8. The summed E-state index contributed by atoms with van der Waals surface area (Å²) in [7, 11) is 1.28. The van der Waals surface area contributed by atoms with Crippen LogP contribution >= 0.6 is 11.8 Å². The van der Waals surface area contributed by atoms with E-state index in [0.717, 1.165) is 10.6 Å². The van der Waals surface area contributed by atoms with Crippen molar-refractivity contribution in [3.63, 3.8) is 0 Å². The number of nitrogen functional groups attached to an aromatic ring is 1. The van der Waals surface area contributed by atoms with E-state index < -0.39 is 5.97 Å². The highest BCUT2D eigenvalue weighted by molar-refractivity contribution is 7.98. The van der Waals surface area contributed by atoms with E-state index in [-0.39, 0.29) is 16.9 Å². The second kappa shape index (κ2) is 5.72. The summed E-state index contributed by atoms with van der Waals surface area (Å²) >= 11 is 1.62. The number of hydrogen-bond donors (Lipinski definition) is 1. The molecule has 2 aromatic rings. The molecule has 5 nitrogen and oxygen atoms in total. The van der Waals surface area contributed by atoms with Crippen molar-refractivity contribution in [2.75, 3.05) is 19.1 Å². The summed E-state index contributed by atoms with van der Waals surface area (Å²) in [4.78, 5) is 12.9. The van der Waals surface area contributed by atoms with Gasteiger partial charge in [-0.25, -0.2) is 4.79 Å². The molecule has 2 rings (SSSR count). The summed E-state index contributed by atoms with van der Waals surface area (Å²) in [5.41, 5.74) is 7.13. The third-order valence-electron chi connectivity index (χ3n) is 2.89. The number of carbonyl (C=O) groups excluding carboxylic acids is 1. The van der Waals surface area contributed by atoms with E-state index in [0.29, 0.717) is 0 Å². The summed E-state index contributed by atoms with van der Waals surface area (Å²) in [6.45, 7) is 0. The number of nitriles is 1. The Morgan fingerprint density at radius 1 is 1.40 bits per heavy atom. The molecule has 20 heavy (non-hydrogen) atoms. The number of rotatable bonds is 3. The molecule has 102 valence electrons. The van der Waals surface area contributed by atoms with Crippen LogP contribution in [0.1, 0.15) is 16.1 Å². The number of anilines is 1. The molecule has 0 aliphatic heterocycles. The molecule has 0 saturated carbocycles. The third kappa shape index (κ3) is 2.36. The van der Waals surface area contributed by atoms with Gasteiger partial charge in [0.1, 0.15) is 6.07 Å². The van der Waals surface area contributed by atoms with E-state index in [1.165, 1.54) is 13.3 Å². The number of benzene rings is 1. The van der Waals surface area contributed by atoms with Crippen LogP contribution in [0.2, 0.25) is 0 Å². The zero-order valence-corrected chi connectivity index (χ0v) is 11.9. The summed E-state index contributed by atoms with van der Waals surface area (Å²) in [5, 5.41) is 9.04. The maximum Gasteiger partial charge on any atom is 0.357 e. The molecule has 1 heterocycles. The highest BCUT2D eigenvalue weighted by Crippen LogP contribution is 2.25. The van der Waals surface area contributed by atoms with Gasteiger partial charge in [-0.3, -0.25) is 0 Å². The Morgan fingerprint density at radius 2 is 2.05 bits per heavy atom. The van der Waals surface area contributed by atoms with Crippen LogP contribution in [0.4, 0.5) is 5.69 Å². The predicted molar refractivity (Wildman–Crippen MR) is 78.0 cm³/mol. The molecule has 0 spiro atoms. The van der Waals surface area contributed by atoms with E-state index in [9.17, 15) is 4.79 Å². The first-order chi connectivity index (χ1) is 9.62. The van der Waals surface area contributed by atoms with Crippen LogP contribution in [0, 0.1) is 11.3 Å². The quantitative estimate of drug-likeness (QED) is 0.692. The Morgan fingerprint density at radius 3 is 2.55 bits per heavy atom. The first kappa shape index (κ1) is 14.0. The lowest BCUT2D eigenvalue weighted by atomic mass is 10.2. The fourth-order valence-electron chi connectivity index (χ4n) is 1.86. The molecule has 0 saturated heterocycles. The predicted octanol–water partition coefficient (Wildman–Crippen LogP) is 2.44. The number of thioether (sulfide) groups is 1. The average molecular weight is 287 g/mol. The molecular weight excluding hydrogens is 274 g/mol. The molecule has 0 aliphatic rings. The van der Waals surface area contributed by atoms with E-state index in [1.54, 1.807) is 16.3 Å². The van der Waals surface area contributed by atoms with Gasteiger partial charge in [-0.05, 0) is 30.5 Å². The maximum absolute atomic E-state index is 11.8. The van der Waals surface area contributed by atoms with E-state index in [4.69, 9.17) is 15.7 Å². The number of nitrogens with zero attached hydrogens (tertiary/aromatic N) is 2. The Labute approximate surface area is 120 Å². The van der Waals surface area contributed by atoms with E-state index >= 15 is 0 Å². The van der Waals surface area contributed by atoms with Crippen molar-refractivity contribution in [1.29, 1.82) is 5.26 Å². The van der Waals surface area contributed by atoms with Gasteiger partial charge >= 0.3 is 5.97 Å². The lowest BCUT2D eigenvalue weighted by molar-refractivity contribution is 0.0593. The Bertz CT molecular complexity index is 684. The first-order valence-electron chi connectivity index (χ1n) is 5.76. The van der Waals surface area contributed by atoms with Gasteiger partial charge in [0.15, 0.2) is 5.69 Å². The molecule has 0 bridgehead atoms. The van der Waals surface area contributed by atoms with Crippen LogP contribution < -0.4 is 5.73 Å². The first-order valence-corrected chi connectivity index (χ1v) is 6.98. The second-order valence-electron chi connectivity index (χ2n) is 3.98. The molecule has 1 aromatic carbocycles. The van der Waals surface area contributed by atoms with Crippen LogP contribution in [-0.4, -0.2) is 23.9 Å². The van der Waals surface area contributed by atoms with E-state index in [2.05, 4.69) is 0 Å². The van der Waals surface area contributed by atoms with Gasteiger partial charge in [0, 0.05) is 16.8 Å². The zero-order valence-electron chi connectivity index (χ0n) is 11.1. The minimum absolute atomic E-state index is 0.133. The number of nitrogens with two attached hydrogens (primary N) is 1. The fourth-order valence-corrected chi connectivity index (χ4v) is 2.27. The van der Waals surface area contributed by atoms with Gasteiger partial charge in [0.2, 0.25) is 0 Å². The summed E-state index contributed by atoms with van der Waals surface area (Å²) < 4.78 is 6.30. The van der Waals surface area contributed by atoms with Crippen LogP contribution in [-0.2, 0) is 4.74 Å². The van der Waals surface area contributed by atoms with Gasteiger partial charge in [-0.2, -0.15) is 5.26 Å². The molecule has 6 heteroatoms. The molecule has 0 amide bonds. The van der Waals surface area contributed by atoms with Crippen molar-refractivity contribution >= 4 is 23.4 Å². The SMILES string of the molecule is COC(=O)c1c(N)c(C#N)cn1-c1ccc(SC)cc1. The fraction of sp³-hybridized carbons (Fsp3) is 0.143. The molecule has 0 radical (unpaired) electrons. The van der Waals surface area contributed by atoms with Crippen LogP contribution in [0.25, 0.3) is 5.69 Å². The van der Waals surface area contributed by atoms with Gasteiger partial charge in [-0.15, -0.1) is 11.8 Å². The van der Waals surface area contributed by atoms with Gasteiger partial charge in [0.25, 0.3) is 0 Å². The highest BCUT2D eigenvalue weighted by atomic mass is 32.2. The summed E-state index contributed by atoms with van der Waals surface area (Å²) in [5.74, 6) is -0.571. The molecule has 0 aliphatic carbocycles. The average Bonchev–Trinajstić information content (AvgIpc) is 2.83. The second-order valence-corrected chi connectivity index (χ2v) is 4.86. The Hall–Kier alpha value is -2.39. The Balaban J connectivity index is 2.60. The van der Waals surface area contributed by atoms with Gasteiger partial charge < -0.3 is 15.0 Å². The van der Waals surface area contributed by atoms with Crippen LogP contribution in [0.3, 0.4) is 0 Å². The van der Waals surface area contributed by atoms with Crippen molar-refractivity contribution in [3.8, 4) is 11.8 Å². The molecule has 0 atom stereocenters. The van der Waals surface area contributed by atoms with Crippen molar-refractivity contribution < 1.29 is 9.53 Å². The number of carbonyl (C=O) groups is 1. The third-order valence-corrected chi connectivity index (χ3v) is 3.64. The topological polar surface area (TPSA) is 81.0 Å². The Kier molecular flexibility index (Phi) is 4.01. The van der Waals surface area contributed by atoms with Crippen molar-refractivity contribution in [2.45, 2.75) is 4.90 Å². The molecule has 0 unspecified atom stereocenters. The van der Waals surface area contributed by atoms with Crippen LogP contribution in [0.5, 0.6) is 0 Å². The minimum atomic E-state index is -0.571. The normalized spacial score (nSPS) is 10.1.